The van der Waals surface area contributed by atoms with E-state index in [9.17, 15) is 0 Å². The van der Waals surface area contributed by atoms with Crippen molar-refractivity contribution >= 4 is 0 Å². The number of rotatable bonds is 4. The largest absolute Gasteiger partial charge is 0.392 e. The van der Waals surface area contributed by atoms with Gasteiger partial charge in [0.1, 0.15) is 0 Å². The van der Waals surface area contributed by atoms with Crippen molar-refractivity contribution in [1.29, 1.82) is 0 Å². The third-order valence-corrected chi connectivity index (χ3v) is 2.05. The van der Waals surface area contributed by atoms with E-state index in [1.54, 1.807) is 36.5 Å². The van der Waals surface area contributed by atoms with E-state index in [1.807, 2.05) is 51.1 Å². The number of allylic oxidation sites excluding steroid dienone is 3. The summed E-state index contributed by atoms with van der Waals surface area (Å²) in [7, 11) is 0. The summed E-state index contributed by atoms with van der Waals surface area (Å²) in [6.45, 7) is 6.24. The van der Waals surface area contributed by atoms with Gasteiger partial charge < -0.3 is 20.4 Å². The van der Waals surface area contributed by atoms with Crippen molar-refractivity contribution in [3.63, 3.8) is 0 Å². The monoisotopic (exact) mass is 372 g/mol. The van der Waals surface area contributed by atoms with Crippen molar-refractivity contribution < 1.29 is 42.1 Å². The topological polar surface area (TPSA) is 80.9 Å². The molecule has 0 aliphatic heterocycles. The molecule has 4 nitrogen and oxygen atoms in total. The normalized spacial score (nSPS) is 9.29. The fourth-order valence-electron chi connectivity index (χ4n) is 0.900. The van der Waals surface area contributed by atoms with Gasteiger partial charge >= 0.3 is 0 Å². The van der Waals surface area contributed by atoms with Crippen LogP contribution in [-0.4, -0.2) is 40.2 Å². The van der Waals surface area contributed by atoms with Crippen molar-refractivity contribution in [2.24, 2.45) is 0 Å². The fraction of sp³-hybridized carbons (Fsp3) is 0.368. The predicted octanol–water partition coefficient (Wildman–Crippen LogP) is 2.84. The Morgan fingerprint density at radius 2 is 1.00 bits per heavy atom. The van der Waals surface area contributed by atoms with Gasteiger partial charge in [-0.1, -0.05) is 66.8 Å². The molecular formula is C19H32O4Ti. The SMILES string of the molecule is C/C=C/CO.C/C=C/CO.C/C=C/CO.OCc1ccccc1.[Ti]. The average molecular weight is 372 g/mol. The molecule has 136 valence electrons. The van der Waals surface area contributed by atoms with Gasteiger partial charge in [0, 0.05) is 21.7 Å². The predicted molar refractivity (Wildman–Crippen MR) is 98.1 cm³/mol. The third-order valence-electron chi connectivity index (χ3n) is 2.05. The second kappa shape index (κ2) is 33.6. The zero-order valence-electron chi connectivity index (χ0n) is 15.0. The summed E-state index contributed by atoms with van der Waals surface area (Å²) in [4.78, 5) is 0. The molecule has 0 spiro atoms. The molecule has 1 aromatic rings. The second-order valence-corrected chi connectivity index (χ2v) is 3.90. The molecule has 24 heavy (non-hydrogen) atoms. The maximum Gasteiger partial charge on any atom is 0.0681 e. The van der Waals surface area contributed by atoms with E-state index >= 15 is 0 Å². The summed E-state index contributed by atoms with van der Waals surface area (Å²) in [6.07, 6.45) is 10.5. The number of benzene rings is 1. The average Bonchev–Trinajstić information content (AvgIpc) is 2.59. The molecule has 0 saturated carbocycles. The molecule has 0 aliphatic rings. The molecule has 0 amide bonds. The molecule has 4 N–H and O–H groups in total. The fourth-order valence-corrected chi connectivity index (χ4v) is 0.900. The standard InChI is InChI=1S/C7H8O.3C4H8O.Ti/c8-6-7-4-2-1-3-5-7;3*1-2-3-4-5;/h1-5,8H,6H2;3*2-3,5H,4H2,1H3;/b;3*3-2+;. The van der Waals surface area contributed by atoms with Gasteiger partial charge in [-0.15, -0.1) is 0 Å². The smallest absolute Gasteiger partial charge is 0.0681 e. The molecule has 0 aliphatic carbocycles. The molecule has 0 heterocycles. The van der Waals surface area contributed by atoms with E-state index in [1.165, 1.54) is 0 Å². The van der Waals surface area contributed by atoms with Crippen LogP contribution >= 0.6 is 0 Å². The van der Waals surface area contributed by atoms with E-state index in [0.717, 1.165) is 5.56 Å². The van der Waals surface area contributed by atoms with Crippen molar-refractivity contribution in [1.82, 2.24) is 0 Å². The molecule has 0 atom stereocenters. The molecule has 0 aromatic heterocycles. The van der Waals surface area contributed by atoms with Gasteiger partial charge in [-0.3, -0.25) is 0 Å². The van der Waals surface area contributed by atoms with Gasteiger partial charge in [-0.25, -0.2) is 0 Å². The molecule has 0 saturated heterocycles. The first kappa shape index (κ1) is 30.8. The molecule has 5 heteroatoms. The zero-order valence-corrected chi connectivity index (χ0v) is 16.5. The molecule has 0 radical (unpaired) electrons. The summed E-state index contributed by atoms with van der Waals surface area (Å²) in [5, 5.41) is 32.5. The second-order valence-electron chi connectivity index (χ2n) is 3.90. The van der Waals surface area contributed by atoms with Crippen molar-refractivity contribution in [2.45, 2.75) is 27.4 Å². The Labute approximate surface area is 161 Å². The minimum absolute atomic E-state index is 0. The van der Waals surface area contributed by atoms with Crippen LogP contribution in [0.4, 0.5) is 0 Å². The Kier molecular flexibility index (Phi) is 43.1. The van der Waals surface area contributed by atoms with Crippen LogP contribution < -0.4 is 0 Å². The Morgan fingerprint density at radius 1 is 0.667 bits per heavy atom. The summed E-state index contributed by atoms with van der Waals surface area (Å²) < 4.78 is 0. The molecule has 0 fully saturated rings. The molecular weight excluding hydrogens is 340 g/mol. The number of hydrogen-bond acceptors (Lipinski definition) is 4. The maximum absolute atomic E-state index is 8.54. The van der Waals surface area contributed by atoms with Gasteiger partial charge in [0.25, 0.3) is 0 Å². The van der Waals surface area contributed by atoms with Crippen LogP contribution in [0.5, 0.6) is 0 Å². The van der Waals surface area contributed by atoms with E-state index in [4.69, 9.17) is 20.4 Å². The van der Waals surface area contributed by atoms with Gasteiger partial charge in [-0.05, 0) is 26.3 Å². The van der Waals surface area contributed by atoms with Crippen LogP contribution in [0.2, 0.25) is 0 Å². The van der Waals surface area contributed by atoms with Gasteiger partial charge in [0.2, 0.25) is 0 Å². The van der Waals surface area contributed by atoms with Crippen LogP contribution in [0.3, 0.4) is 0 Å². The minimum atomic E-state index is 0. The van der Waals surface area contributed by atoms with Gasteiger partial charge in [-0.2, -0.15) is 0 Å². The Morgan fingerprint density at radius 3 is 1.12 bits per heavy atom. The molecule has 0 unspecified atom stereocenters. The summed E-state index contributed by atoms with van der Waals surface area (Å²) >= 11 is 0. The number of aliphatic hydroxyl groups is 4. The van der Waals surface area contributed by atoms with E-state index in [0.29, 0.717) is 0 Å². The van der Waals surface area contributed by atoms with Crippen LogP contribution in [0.15, 0.2) is 66.8 Å². The quantitative estimate of drug-likeness (QED) is 0.484. The minimum Gasteiger partial charge on any atom is -0.392 e. The third kappa shape index (κ3) is 37.3. The molecule has 0 bridgehead atoms. The first-order valence-electron chi connectivity index (χ1n) is 7.49. The van der Waals surface area contributed by atoms with Crippen molar-refractivity contribution in [3.8, 4) is 0 Å². The van der Waals surface area contributed by atoms with Crippen LogP contribution in [0.25, 0.3) is 0 Å². The number of hydrogen-bond donors (Lipinski definition) is 4. The van der Waals surface area contributed by atoms with E-state index < -0.39 is 0 Å². The Balaban J connectivity index is -0.000000113. The van der Waals surface area contributed by atoms with Crippen LogP contribution in [0.1, 0.15) is 26.3 Å². The summed E-state index contributed by atoms with van der Waals surface area (Å²) in [6, 6.07) is 9.52. The van der Waals surface area contributed by atoms with Gasteiger partial charge in [0.05, 0.1) is 26.4 Å². The van der Waals surface area contributed by atoms with E-state index in [2.05, 4.69) is 0 Å². The Bertz CT molecular complexity index is 348. The first-order valence-corrected chi connectivity index (χ1v) is 7.49. The summed E-state index contributed by atoms with van der Waals surface area (Å²) in [5.74, 6) is 0. The van der Waals surface area contributed by atoms with E-state index in [-0.39, 0.29) is 48.1 Å². The van der Waals surface area contributed by atoms with Crippen molar-refractivity contribution in [3.05, 3.63) is 72.4 Å². The zero-order chi connectivity index (χ0) is 18.2. The van der Waals surface area contributed by atoms with Crippen molar-refractivity contribution in [2.75, 3.05) is 19.8 Å². The molecule has 1 rings (SSSR count). The summed E-state index contributed by atoms with van der Waals surface area (Å²) in [5.41, 5.74) is 0.965. The van der Waals surface area contributed by atoms with Gasteiger partial charge in [0.15, 0.2) is 0 Å². The molecule has 1 aromatic carbocycles. The first-order chi connectivity index (χ1) is 11.2. The maximum atomic E-state index is 8.54. The Hall–Kier alpha value is -1.01. The van der Waals surface area contributed by atoms with Crippen LogP contribution in [-0.2, 0) is 28.3 Å². The van der Waals surface area contributed by atoms with Crippen LogP contribution in [0, 0.1) is 0 Å². The number of aliphatic hydroxyl groups excluding tert-OH is 4.